The summed E-state index contributed by atoms with van der Waals surface area (Å²) in [4.78, 5) is 12.6. The van der Waals surface area contributed by atoms with Crippen LogP contribution in [0.4, 0.5) is 4.39 Å². The zero-order valence-electron chi connectivity index (χ0n) is 14.7. The molecule has 146 valence electrons. The Labute approximate surface area is 181 Å². The van der Waals surface area contributed by atoms with Crippen LogP contribution >= 0.6 is 34.8 Å². The van der Waals surface area contributed by atoms with Crippen LogP contribution in [-0.4, -0.2) is 5.78 Å². The van der Waals surface area contributed by atoms with Crippen LogP contribution in [0.5, 0.6) is 11.5 Å². The van der Waals surface area contributed by atoms with E-state index in [2.05, 4.69) is 0 Å². The molecule has 1 aliphatic rings. The molecule has 0 N–H and O–H groups in total. The van der Waals surface area contributed by atoms with Crippen molar-refractivity contribution in [2.45, 2.75) is 6.61 Å². The minimum absolute atomic E-state index is 0.148. The molecular formula is C22H12Cl3FO3. The molecule has 4 rings (SSSR count). The second-order valence-electron chi connectivity index (χ2n) is 6.29. The van der Waals surface area contributed by atoms with Crippen molar-refractivity contribution in [1.29, 1.82) is 0 Å². The van der Waals surface area contributed by atoms with Crippen molar-refractivity contribution in [3.05, 3.63) is 97.9 Å². The zero-order valence-corrected chi connectivity index (χ0v) is 17.0. The first-order valence-corrected chi connectivity index (χ1v) is 9.64. The molecule has 0 aliphatic carbocycles. The number of fused-ring (bicyclic) bond motifs is 1. The first-order valence-electron chi connectivity index (χ1n) is 8.51. The lowest BCUT2D eigenvalue weighted by molar-refractivity contribution is 0.101. The SMILES string of the molecule is O=C1/C(=C/c2ccc(Cl)cc2Cl)Oc2cc(OCc3ccc(F)cc3Cl)ccc21. The van der Waals surface area contributed by atoms with Crippen LogP contribution < -0.4 is 9.47 Å². The Hall–Kier alpha value is -2.53. The average Bonchev–Trinajstić information content (AvgIpc) is 2.98. The maximum Gasteiger partial charge on any atom is 0.231 e. The van der Waals surface area contributed by atoms with E-state index in [0.29, 0.717) is 38.2 Å². The van der Waals surface area contributed by atoms with Crippen LogP contribution in [-0.2, 0) is 6.61 Å². The summed E-state index contributed by atoms with van der Waals surface area (Å²) in [5.41, 5.74) is 1.69. The predicted molar refractivity (Wildman–Crippen MR) is 112 cm³/mol. The molecule has 0 saturated carbocycles. The molecule has 0 bridgehead atoms. The largest absolute Gasteiger partial charge is 0.489 e. The summed E-state index contributed by atoms with van der Waals surface area (Å²) in [6.45, 7) is 0.148. The van der Waals surface area contributed by atoms with Gasteiger partial charge in [-0.05, 0) is 48.0 Å². The molecule has 0 unspecified atom stereocenters. The van der Waals surface area contributed by atoms with Gasteiger partial charge in [-0.15, -0.1) is 0 Å². The van der Waals surface area contributed by atoms with E-state index in [1.165, 1.54) is 12.1 Å². The maximum absolute atomic E-state index is 13.1. The number of hydrogen-bond acceptors (Lipinski definition) is 3. The van der Waals surface area contributed by atoms with Crippen molar-refractivity contribution in [3.63, 3.8) is 0 Å². The molecule has 1 heterocycles. The van der Waals surface area contributed by atoms with Gasteiger partial charge >= 0.3 is 0 Å². The Kier molecular flexibility index (Phi) is 5.50. The minimum Gasteiger partial charge on any atom is -0.489 e. The van der Waals surface area contributed by atoms with E-state index in [1.807, 2.05) is 0 Å². The molecule has 0 atom stereocenters. The third-order valence-electron chi connectivity index (χ3n) is 4.30. The third kappa shape index (κ3) is 4.25. The summed E-state index contributed by atoms with van der Waals surface area (Å²) < 4.78 is 24.6. The highest BCUT2D eigenvalue weighted by atomic mass is 35.5. The molecule has 0 amide bonds. The summed E-state index contributed by atoms with van der Waals surface area (Å²) >= 11 is 18.1. The summed E-state index contributed by atoms with van der Waals surface area (Å²) in [6.07, 6.45) is 1.57. The van der Waals surface area contributed by atoms with E-state index in [9.17, 15) is 9.18 Å². The fourth-order valence-electron chi connectivity index (χ4n) is 2.82. The smallest absolute Gasteiger partial charge is 0.231 e. The van der Waals surface area contributed by atoms with Gasteiger partial charge in [0, 0.05) is 21.7 Å². The van der Waals surface area contributed by atoms with Crippen molar-refractivity contribution in [2.75, 3.05) is 0 Å². The Morgan fingerprint density at radius 3 is 2.55 bits per heavy atom. The summed E-state index contributed by atoms with van der Waals surface area (Å²) in [5.74, 6) is 0.363. The van der Waals surface area contributed by atoms with Crippen LogP contribution in [0.2, 0.25) is 15.1 Å². The van der Waals surface area contributed by atoms with Gasteiger partial charge in [-0.25, -0.2) is 4.39 Å². The number of allylic oxidation sites excluding steroid dienone is 1. The van der Waals surface area contributed by atoms with Crippen LogP contribution in [0.25, 0.3) is 6.08 Å². The van der Waals surface area contributed by atoms with Gasteiger partial charge in [0.05, 0.1) is 10.6 Å². The molecule has 3 aromatic carbocycles. The number of Topliss-reactive ketones (excluding diaryl/α,β-unsaturated/α-hetero) is 1. The lowest BCUT2D eigenvalue weighted by atomic mass is 10.1. The minimum atomic E-state index is -0.414. The van der Waals surface area contributed by atoms with Crippen molar-refractivity contribution in [3.8, 4) is 11.5 Å². The zero-order chi connectivity index (χ0) is 20.5. The number of halogens is 4. The molecule has 0 spiro atoms. The molecule has 3 nitrogen and oxygen atoms in total. The van der Waals surface area contributed by atoms with Gasteiger partial charge in [-0.1, -0.05) is 46.9 Å². The lowest BCUT2D eigenvalue weighted by Gasteiger charge is -2.08. The molecule has 29 heavy (non-hydrogen) atoms. The van der Waals surface area contributed by atoms with E-state index >= 15 is 0 Å². The molecule has 0 radical (unpaired) electrons. The number of ketones is 1. The second-order valence-corrected chi connectivity index (χ2v) is 7.54. The Morgan fingerprint density at radius 1 is 0.966 bits per heavy atom. The molecular weight excluding hydrogens is 438 g/mol. The van der Waals surface area contributed by atoms with E-state index in [-0.39, 0.29) is 23.2 Å². The summed E-state index contributed by atoms with van der Waals surface area (Å²) in [6, 6.07) is 14.0. The number of carbonyl (C=O) groups is 1. The first-order chi connectivity index (χ1) is 13.9. The second kappa shape index (κ2) is 8.07. The number of benzene rings is 3. The first kappa shape index (κ1) is 19.8. The number of ether oxygens (including phenoxy) is 2. The molecule has 0 aromatic heterocycles. The van der Waals surface area contributed by atoms with Gasteiger partial charge in [-0.2, -0.15) is 0 Å². The van der Waals surface area contributed by atoms with Gasteiger partial charge in [0.1, 0.15) is 23.9 Å². The van der Waals surface area contributed by atoms with Crippen molar-refractivity contribution >= 4 is 46.7 Å². The van der Waals surface area contributed by atoms with Crippen molar-refractivity contribution in [1.82, 2.24) is 0 Å². The van der Waals surface area contributed by atoms with Gasteiger partial charge in [-0.3, -0.25) is 4.79 Å². The van der Waals surface area contributed by atoms with Crippen LogP contribution in [0.3, 0.4) is 0 Å². The van der Waals surface area contributed by atoms with Gasteiger partial charge in [0.15, 0.2) is 5.76 Å². The summed E-state index contributed by atoms with van der Waals surface area (Å²) in [7, 11) is 0. The Morgan fingerprint density at radius 2 is 1.79 bits per heavy atom. The lowest BCUT2D eigenvalue weighted by Crippen LogP contribution is -1.98. The van der Waals surface area contributed by atoms with Crippen molar-refractivity contribution in [2.24, 2.45) is 0 Å². The molecule has 3 aromatic rings. The third-order valence-corrected chi connectivity index (χ3v) is 5.21. The Bertz CT molecular complexity index is 1160. The van der Waals surface area contributed by atoms with E-state index in [1.54, 1.807) is 48.5 Å². The molecule has 0 saturated heterocycles. The standard InChI is InChI=1S/C22H12Cl3FO3/c23-14-3-1-12(18(24)8-14)7-21-22(27)17-6-5-16(10-20(17)29-21)28-11-13-2-4-15(26)9-19(13)25/h1-10H,11H2/b21-7-. The average molecular weight is 450 g/mol. The predicted octanol–water partition coefficient (Wildman–Crippen LogP) is 6.98. The topological polar surface area (TPSA) is 35.5 Å². The van der Waals surface area contributed by atoms with Gasteiger partial charge in [0.2, 0.25) is 5.78 Å². The monoisotopic (exact) mass is 448 g/mol. The highest BCUT2D eigenvalue weighted by molar-refractivity contribution is 6.35. The molecule has 7 heteroatoms. The van der Waals surface area contributed by atoms with Gasteiger partial charge < -0.3 is 9.47 Å². The highest BCUT2D eigenvalue weighted by Gasteiger charge is 2.28. The Balaban J connectivity index is 1.53. The van der Waals surface area contributed by atoms with Crippen molar-refractivity contribution < 1.29 is 18.7 Å². The quantitative estimate of drug-likeness (QED) is 0.403. The normalized spacial score (nSPS) is 14.1. The van der Waals surface area contributed by atoms with Gasteiger partial charge in [0.25, 0.3) is 0 Å². The fraction of sp³-hybridized carbons (Fsp3) is 0.0455. The number of carbonyl (C=O) groups excluding carboxylic acids is 1. The fourth-order valence-corrected chi connectivity index (χ4v) is 3.50. The number of rotatable bonds is 4. The molecule has 0 fully saturated rings. The van der Waals surface area contributed by atoms with E-state index < -0.39 is 5.82 Å². The molecule has 1 aliphatic heterocycles. The van der Waals surface area contributed by atoms with Crippen LogP contribution in [0, 0.1) is 5.82 Å². The summed E-state index contributed by atoms with van der Waals surface area (Å²) in [5, 5.41) is 1.20. The van der Waals surface area contributed by atoms with E-state index in [4.69, 9.17) is 44.3 Å². The highest BCUT2D eigenvalue weighted by Crippen LogP contribution is 2.36. The maximum atomic E-state index is 13.1. The number of hydrogen-bond donors (Lipinski definition) is 0. The van der Waals surface area contributed by atoms with Crippen LogP contribution in [0.1, 0.15) is 21.5 Å². The van der Waals surface area contributed by atoms with Crippen LogP contribution in [0.15, 0.2) is 60.4 Å². The van der Waals surface area contributed by atoms with E-state index in [0.717, 1.165) is 0 Å².